The zero-order valence-corrected chi connectivity index (χ0v) is 16.7. The minimum Gasteiger partial charge on any atom is -0.288 e. The SMILES string of the molecule is N=C1CC(c2cccc(-c3cccc(Cl)c3)c2)(C2CC2)C(=O)N1c1ccccc1. The van der Waals surface area contributed by atoms with Gasteiger partial charge in [0.1, 0.15) is 5.84 Å². The lowest BCUT2D eigenvalue weighted by Gasteiger charge is -2.28. The number of nitrogens with zero attached hydrogens (tertiary/aromatic N) is 1. The van der Waals surface area contributed by atoms with Gasteiger partial charge in [0, 0.05) is 11.4 Å². The number of hydrogen-bond acceptors (Lipinski definition) is 2. The van der Waals surface area contributed by atoms with E-state index >= 15 is 0 Å². The number of anilines is 1. The average Bonchev–Trinajstić information content (AvgIpc) is 3.55. The molecule has 3 aromatic rings. The van der Waals surface area contributed by atoms with E-state index in [9.17, 15) is 4.79 Å². The van der Waals surface area contributed by atoms with E-state index in [2.05, 4.69) is 12.1 Å². The van der Waals surface area contributed by atoms with Crippen molar-refractivity contribution in [1.82, 2.24) is 0 Å². The van der Waals surface area contributed by atoms with Gasteiger partial charge >= 0.3 is 0 Å². The van der Waals surface area contributed by atoms with Crippen molar-refractivity contribution in [2.24, 2.45) is 5.92 Å². The predicted molar refractivity (Wildman–Crippen MR) is 118 cm³/mol. The Bertz CT molecular complexity index is 1110. The van der Waals surface area contributed by atoms with Crippen molar-refractivity contribution in [3.8, 4) is 11.1 Å². The highest BCUT2D eigenvalue weighted by Gasteiger charge is 2.59. The molecule has 1 N–H and O–H groups in total. The Morgan fingerprint density at radius 3 is 2.28 bits per heavy atom. The Kier molecular flexibility index (Phi) is 4.29. The molecule has 2 aliphatic rings. The molecular formula is C25H21ClN2O. The molecule has 3 aromatic carbocycles. The van der Waals surface area contributed by atoms with Crippen LogP contribution in [0.4, 0.5) is 5.69 Å². The lowest BCUT2D eigenvalue weighted by Crippen LogP contribution is -2.40. The van der Waals surface area contributed by atoms with Crippen LogP contribution >= 0.6 is 11.6 Å². The maximum atomic E-state index is 13.8. The van der Waals surface area contributed by atoms with E-state index < -0.39 is 5.41 Å². The molecule has 0 radical (unpaired) electrons. The molecule has 0 aromatic heterocycles. The summed E-state index contributed by atoms with van der Waals surface area (Å²) in [6, 6.07) is 25.5. The summed E-state index contributed by atoms with van der Waals surface area (Å²) in [5, 5.41) is 9.33. The van der Waals surface area contributed by atoms with Crippen LogP contribution < -0.4 is 4.90 Å². The van der Waals surface area contributed by atoms with Gasteiger partial charge in [-0.15, -0.1) is 0 Å². The van der Waals surface area contributed by atoms with Crippen LogP contribution in [0, 0.1) is 11.3 Å². The Balaban J connectivity index is 1.61. The molecule has 1 aliphatic heterocycles. The van der Waals surface area contributed by atoms with Gasteiger partial charge < -0.3 is 0 Å². The molecule has 29 heavy (non-hydrogen) atoms. The summed E-state index contributed by atoms with van der Waals surface area (Å²) in [5.74, 6) is 0.694. The fraction of sp³-hybridized carbons (Fsp3) is 0.200. The highest BCUT2D eigenvalue weighted by Crippen LogP contribution is 2.54. The van der Waals surface area contributed by atoms with Crippen molar-refractivity contribution in [2.45, 2.75) is 24.7 Å². The molecule has 1 atom stereocenters. The number of para-hydroxylation sites is 1. The summed E-state index contributed by atoms with van der Waals surface area (Å²) in [6.07, 6.45) is 2.51. The number of benzene rings is 3. The van der Waals surface area contributed by atoms with Gasteiger partial charge in [0.2, 0.25) is 5.91 Å². The number of carbonyl (C=O) groups is 1. The van der Waals surface area contributed by atoms with Gasteiger partial charge in [0.05, 0.1) is 11.1 Å². The van der Waals surface area contributed by atoms with Gasteiger partial charge in [0.15, 0.2) is 0 Å². The van der Waals surface area contributed by atoms with E-state index in [0.29, 0.717) is 23.2 Å². The highest BCUT2D eigenvalue weighted by atomic mass is 35.5. The first-order valence-electron chi connectivity index (χ1n) is 9.93. The molecule has 1 unspecified atom stereocenters. The largest absolute Gasteiger partial charge is 0.288 e. The van der Waals surface area contributed by atoms with Crippen molar-refractivity contribution in [3.63, 3.8) is 0 Å². The minimum absolute atomic E-state index is 0.0273. The third-order valence-electron chi connectivity index (χ3n) is 6.13. The van der Waals surface area contributed by atoms with Gasteiger partial charge in [-0.3, -0.25) is 15.1 Å². The van der Waals surface area contributed by atoms with E-state index in [-0.39, 0.29) is 5.91 Å². The van der Waals surface area contributed by atoms with E-state index in [1.54, 1.807) is 4.90 Å². The fourth-order valence-corrected chi connectivity index (χ4v) is 4.78. The quantitative estimate of drug-likeness (QED) is 0.567. The highest BCUT2D eigenvalue weighted by molar-refractivity contribution is 6.30. The number of nitrogens with one attached hydrogen (secondary N) is 1. The lowest BCUT2D eigenvalue weighted by atomic mass is 9.73. The smallest absolute Gasteiger partial charge is 0.243 e. The molecule has 0 spiro atoms. The van der Waals surface area contributed by atoms with E-state index in [0.717, 1.165) is 35.2 Å². The standard InChI is InChI=1S/C25H21ClN2O/c26-21-9-5-7-18(15-21)17-6-4-8-20(14-17)25(19-12-13-19)16-23(27)28(24(25)29)22-10-2-1-3-11-22/h1-11,14-15,19,27H,12-13,16H2. The lowest BCUT2D eigenvalue weighted by molar-refractivity contribution is -0.122. The maximum Gasteiger partial charge on any atom is 0.243 e. The minimum atomic E-state index is -0.651. The van der Waals surface area contributed by atoms with Crippen LogP contribution in [-0.2, 0) is 10.2 Å². The summed E-state index contributed by atoms with van der Waals surface area (Å²) in [6.45, 7) is 0. The molecule has 1 aliphatic carbocycles. The number of carbonyl (C=O) groups excluding carboxylic acids is 1. The molecule has 144 valence electrons. The second-order valence-corrected chi connectivity index (χ2v) is 8.37. The summed E-state index contributed by atoms with van der Waals surface area (Å²) in [7, 11) is 0. The first kappa shape index (κ1) is 18.1. The normalized spacial score (nSPS) is 21.6. The van der Waals surface area contributed by atoms with Crippen molar-refractivity contribution < 1.29 is 4.79 Å². The van der Waals surface area contributed by atoms with Crippen LogP contribution in [0.3, 0.4) is 0 Å². The summed E-state index contributed by atoms with van der Waals surface area (Å²) >= 11 is 6.19. The number of amides is 1. The molecule has 1 saturated carbocycles. The second kappa shape index (κ2) is 6.85. The van der Waals surface area contributed by atoms with Gasteiger partial charge in [-0.05, 0) is 59.7 Å². The Labute approximate surface area is 175 Å². The number of rotatable bonds is 4. The Morgan fingerprint density at radius 2 is 1.59 bits per heavy atom. The zero-order chi connectivity index (χ0) is 20.0. The first-order chi connectivity index (χ1) is 14.1. The summed E-state index contributed by atoms with van der Waals surface area (Å²) in [5.41, 5.74) is 3.21. The monoisotopic (exact) mass is 400 g/mol. The van der Waals surface area contributed by atoms with Gasteiger partial charge in [-0.1, -0.05) is 66.2 Å². The van der Waals surface area contributed by atoms with Crippen LogP contribution in [0.15, 0.2) is 78.9 Å². The molecule has 1 heterocycles. The molecule has 1 amide bonds. The number of amidine groups is 1. The third kappa shape index (κ3) is 2.97. The van der Waals surface area contributed by atoms with Gasteiger partial charge in [-0.25, -0.2) is 0 Å². The molecule has 1 saturated heterocycles. The Hall–Kier alpha value is -2.91. The molecule has 3 nitrogen and oxygen atoms in total. The second-order valence-electron chi connectivity index (χ2n) is 7.94. The average molecular weight is 401 g/mol. The van der Waals surface area contributed by atoms with E-state index in [4.69, 9.17) is 17.0 Å². The number of halogens is 1. The zero-order valence-electron chi connectivity index (χ0n) is 15.9. The molecule has 0 bridgehead atoms. The number of hydrogen-bond donors (Lipinski definition) is 1. The van der Waals surface area contributed by atoms with Crippen LogP contribution in [0.1, 0.15) is 24.8 Å². The summed E-state index contributed by atoms with van der Waals surface area (Å²) in [4.78, 5) is 15.4. The maximum absolute atomic E-state index is 13.8. The molecule has 5 rings (SSSR count). The van der Waals surface area contributed by atoms with Crippen LogP contribution in [0.2, 0.25) is 5.02 Å². The molecule has 4 heteroatoms. The third-order valence-corrected chi connectivity index (χ3v) is 6.36. The predicted octanol–water partition coefficient (Wildman–Crippen LogP) is 6.07. The summed E-state index contributed by atoms with van der Waals surface area (Å²) < 4.78 is 0. The van der Waals surface area contributed by atoms with Crippen molar-refractivity contribution >= 4 is 29.0 Å². The van der Waals surface area contributed by atoms with Crippen LogP contribution in [-0.4, -0.2) is 11.7 Å². The van der Waals surface area contributed by atoms with Gasteiger partial charge in [0.25, 0.3) is 0 Å². The van der Waals surface area contributed by atoms with Crippen molar-refractivity contribution in [3.05, 3.63) is 89.4 Å². The Morgan fingerprint density at radius 1 is 0.897 bits per heavy atom. The van der Waals surface area contributed by atoms with Gasteiger partial charge in [-0.2, -0.15) is 0 Å². The van der Waals surface area contributed by atoms with E-state index in [1.165, 1.54) is 0 Å². The van der Waals surface area contributed by atoms with Crippen LogP contribution in [0.25, 0.3) is 11.1 Å². The van der Waals surface area contributed by atoms with Crippen molar-refractivity contribution in [1.29, 1.82) is 5.41 Å². The van der Waals surface area contributed by atoms with E-state index in [1.807, 2.05) is 66.7 Å². The fourth-order valence-electron chi connectivity index (χ4n) is 4.59. The molecular weight excluding hydrogens is 380 g/mol. The van der Waals surface area contributed by atoms with Crippen molar-refractivity contribution in [2.75, 3.05) is 4.90 Å². The van der Waals surface area contributed by atoms with Crippen LogP contribution in [0.5, 0.6) is 0 Å². The first-order valence-corrected chi connectivity index (χ1v) is 10.3. The topological polar surface area (TPSA) is 44.2 Å². The molecule has 2 fully saturated rings.